The summed E-state index contributed by atoms with van der Waals surface area (Å²) in [5.74, 6) is 0. The highest BCUT2D eigenvalue weighted by Gasteiger charge is 2.23. The fourth-order valence-corrected chi connectivity index (χ4v) is 6.46. The van der Waals surface area contributed by atoms with Crippen molar-refractivity contribution in [2.45, 2.75) is 6.54 Å². The van der Waals surface area contributed by atoms with Crippen LogP contribution in [0.2, 0.25) is 0 Å². The summed E-state index contributed by atoms with van der Waals surface area (Å²) < 4.78 is 0. The minimum absolute atomic E-state index is 0.819. The van der Waals surface area contributed by atoms with Crippen LogP contribution >= 0.6 is 0 Å². The largest absolute Gasteiger partial charge is 0.343 e. The first-order valence-electron chi connectivity index (χ1n) is 13.2. The summed E-state index contributed by atoms with van der Waals surface area (Å²) in [4.78, 5) is 2.42. The average molecular weight is 484 g/mol. The Morgan fingerprint density at radius 3 is 1.68 bits per heavy atom. The minimum Gasteiger partial charge on any atom is -0.343 e. The maximum Gasteiger partial charge on any atom is 0.0488 e. The third kappa shape index (κ3) is 3.06. The van der Waals surface area contributed by atoms with Gasteiger partial charge in [0.1, 0.15) is 0 Å². The molecule has 0 atom stereocenters. The van der Waals surface area contributed by atoms with Gasteiger partial charge in [0.25, 0.3) is 0 Å². The Morgan fingerprint density at radius 2 is 0.974 bits per heavy atom. The van der Waals surface area contributed by atoms with Gasteiger partial charge in [-0.15, -0.1) is 0 Å². The number of hydrogen-bond donors (Lipinski definition) is 0. The van der Waals surface area contributed by atoms with Crippen molar-refractivity contribution in [1.29, 1.82) is 0 Å². The lowest BCUT2D eigenvalue weighted by Crippen LogP contribution is -2.20. The van der Waals surface area contributed by atoms with E-state index >= 15 is 0 Å². The Labute approximate surface area is 221 Å². The van der Waals surface area contributed by atoms with Gasteiger partial charge >= 0.3 is 0 Å². The molecule has 7 aromatic carbocycles. The van der Waals surface area contributed by atoms with Gasteiger partial charge < -0.3 is 4.90 Å². The Morgan fingerprint density at radius 1 is 0.447 bits per heavy atom. The molecule has 0 unspecified atom stereocenters. The Balaban J connectivity index is 1.47. The van der Waals surface area contributed by atoms with Crippen LogP contribution in [0.25, 0.3) is 60.3 Å². The molecular weight excluding hydrogens is 458 g/mol. The van der Waals surface area contributed by atoms with E-state index in [9.17, 15) is 0 Å². The molecule has 38 heavy (non-hydrogen) atoms. The number of rotatable bonds is 2. The Hall–Kier alpha value is -4.88. The van der Waals surface area contributed by atoms with E-state index in [0.29, 0.717) is 0 Å². The van der Waals surface area contributed by atoms with Gasteiger partial charge in [-0.3, -0.25) is 0 Å². The molecule has 0 fully saturated rings. The van der Waals surface area contributed by atoms with Gasteiger partial charge in [-0.1, -0.05) is 121 Å². The number of benzene rings is 7. The Kier molecular flexibility index (Phi) is 4.65. The lowest BCUT2D eigenvalue weighted by atomic mass is 9.84. The van der Waals surface area contributed by atoms with Crippen molar-refractivity contribution in [1.82, 2.24) is 0 Å². The molecule has 1 heteroatoms. The van der Waals surface area contributed by atoms with Crippen LogP contribution in [0.15, 0.2) is 134 Å². The van der Waals surface area contributed by atoms with E-state index in [1.807, 2.05) is 0 Å². The fraction of sp³-hybridized carbons (Fsp3) is 0.0270. The Bertz CT molecular complexity index is 2050. The fourth-order valence-electron chi connectivity index (χ4n) is 6.46. The maximum atomic E-state index is 2.42. The highest BCUT2D eigenvalue weighted by molar-refractivity contribution is 6.33. The van der Waals surface area contributed by atoms with Crippen molar-refractivity contribution in [3.05, 3.63) is 145 Å². The first-order valence-corrected chi connectivity index (χ1v) is 13.2. The molecule has 1 aliphatic heterocycles. The molecule has 0 radical (unpaired) electrons. The molecule has 0 saturated carbocycles. The molecule has 1 nitrogen and oxygen atoms in total. The summed E-state index contributed by atoms with van der Waals surface area (Å²) in [7, 11) is 0. The quantitative estimate of drug-likeness (QED) is 0.221. The predicted octanol–water partition coefficient (Wildman–Crippen LogP) is 9.96. The zero-order chi connectivity index (χ0) is 25.1. The second-order valence-corrected chi connectivity index (χ2v) is 10.1. The van der Waals surface area contributed by atoms with E-state index in [1.54, 1.807) is 0 Å². The number of nitrogens with zero attached hydrogens (tertiary/aromatic N) is 1. The number of hydrogen-bond acceptors (Lipinski definition) is 1. The molecule has 0 aliphatic carbocycles. The van der Waals surface area contributed by atoms with Crippen LogP contribution in [0, 0.1) is 0 Å². The van der Waals surface area contributed by atoms with E-state index in [0.717, 1.165) is 6.54 Å². The van der Waals surface area contributed by atoms with Gasteiger partial charge in [0.2, 0.25) is 0 Å². The summed E-state index contributed by atoms with van der Waals surface area (Å²) in [6.45, 7) is 0.819. The number of para-hydroxylation sites is 1. The molecule has 7 aromatic rings. The molecule has 0 aromatic heterocycles. The van der Waals surface area contributed by atoms with Gasteiger partial charge in [-0.25, -0.2) is 0 Å². The third-order valence-electron chi connectivity index (χ3n) is 8.09. The van der Waals surface area contributed by atoms with E-state index in [1.165, 1.54) is 71.0 Å². The van der Waals surface area contributed by atoms with E-state index < -0.39 is 0 Å². The van der Waals surface area contributed by atoms with Crippen LogP contribution in [-0.2, 0) is 6.54 Å². The molecule has 0 N–H and O–H groups in total. The maximum absolute atomic E-state index is 2.42. The van der Waals surface area contributed by atoms with Gasteiger partial charge in [0, 0.05) is 24.0 Å². The molecule has 0 saturated heterocycles. The smallest absolute Gasteiger partial charge is 0.0488 e. The lowest BCUT2D eigenvalue weighted by molar-refractivity contribution is 0.968. The number of fused-ring (bicyclic) bond motifs is 11. The van der Waals surface area contributed by atoms with Crippen molar-refractivity contribution >= 4 is 54.9 Å². The first kappa shape index (κ1) is 21.2. The normalized spacial score (nSPS) is 13.0. The summed E-state index contributed by atoms with van der Waals surface area (Å²) in [5, 5.41) is 10.7. The zero-order valence-electron chi connectivity index (χ0n) is 20.9. The van der Waals surface area contributed by atoms with Gasteiger partial charge in [0.05, 0.1) is 0 Å². The summed E-state index contributed by atoms with van der Waals surface area (Å²) in [6, 6.07) is 46.2. The highest BCUT2D eigenvalue weighted by Crippen LogP contribution is 2.45. The van der Waals surface area contributed by atoms with E-state index in [-0.39, 0.29) is 0 Å². The monoisotopic (exact) mass is 483 g/mol. The van der Waals surface area contributed by atoms with Crippen molar-refractivity contribution in [3.63, 3.8) is 0 Å². The minimum atomic E-state index is 0.819. The van der Waals surface area contributed by atoms with Gasteiger partial charge in [0.15, 0.2) is 0 Å². The van der Waals surface area contributed by atoms with Crippen LogP contribution in [0.1, 0.15) is 11.1 Å². The number of anilines is 1. The van der Waals surface area contributed by atoms with Crippen LogP contribution in [0.4, 0.5) is 5.69 Å². The lowest BCUT2D eigenvalue weighted by Gasteiger charge is -2.30. The predicted molar refractivity (Wildman–Crippen MR) is 164 cm³/mol. The van der Waals surface area contributed by atoms with Crippen LogP contribution in [0.3, 0.4) is 0 Å². The zero-order valence-corrected chi connectivity index (χ0v) is 20.9. The molecule has 0 amide bonds. The second-order valence-electron chi connectivity index (χ2n) is 10.1. The summed E-state index contributed by atoms with van der Waals surface area (Å²) >= 11 is 0. The van der Waals surface area contributed by atoms with Crippen molar-refractivity contribution in [3.8, 4) is 11.1 Å². The third-order valence-corrected chi connectivity index (χ3v) is 8.09. The second kappa shape index (κ2) is 8.33. The van der Waals surface area contributed by atoms with E-state index in [4.69, 9.17) is 0 Å². The molecule has 0 spiro atoms. The summed E-state index contributed by atoms with van der Waals surface area (Å²) in [5.41, 5.74) is 6.45. The molecule has 178 valence electrons. The topological polar surface area (TPSA) is 3.24 Å². The van der Waals surface area contributed by atoms with Crippen LogP contribution < -0.4 is 4.90 Å². The van der Waals surface area contributed by atoms with E-state index in [2.05, 4.69) is 145 Å². The van der Waals surface area contributed by atoms with Crippen molar-refractivity contribution < 1.29 is 0 Å². The van der Waals surface area contributed by atoms with Gasteiger partial charge in [-0.05, 0) is 71.9 Å². The molecule has 8 rings (SSSR count). The molecule has 1 heterocycles. The first-order chi connectivity index (χ1) is 18.9. The van der Waals surface area contributed by atoms with Crippen molar-refractivity contribution in [2.24, 2.45) is 0 Å². The molecule has 0 bridgehead atoms. The van der Waals surface area contributed by atoms with Crippen molar-refractivity contribution in [2.75, 3.05) is 4.90 Å². The van der Waals surface area contributed by atoms with Crippen LogP contribution in [0.5, 0.6) is 0 Å². The average Bonchev–Trinajstić information content (AvgIpc) is 3.01. The SMILES string of the molecule is C1=CN(c2ccccc2-c2ccccc2)Cc2c1c1ccccc1c1c3ccccc3c3ccccc3c21. The van der Waals surface area contributed by atoms with Crippen LogP contribution in [-0.4, -0.2) is 0 Å². The standard InChI is InChI=1S/C37H25N/c1-2-12-25(13-3-1)26-14-10-11-21-35(26)38-23-22-30-29-17-6-8-19-32(29)36-31-18-7-4-15-27(31)28-16-5-9-20-33(28)37(36)34(30)24-38/h1-23H,24H2. The molecule has 1 aliphatic rings. The molecular formula is C37H25N. The van der Waals surface area contributed by atoms with Gasteiger partial charge in [-0.2, -0.15) is 0 Å². The highest BCUT2D eigenvalue weighted by atomic mass is 15.1. The summed E-state index contributed by atoms with van der Waals surface area (Å²) in [6.07, 6.45) is 4.60.